The summed E-state index contributed by atoms with van der Waals surface area (Å²) in [4.78, 5) is 6.58. The fraction of sp³-hybridized carbons (Fsp3) is 0.312. The summed E-state index contributed by atoms with van der Waals surface area (Å²) >= 11 is 5.94. The van der Waals surface area contributed by atoms with Crippen molar-refractivity contribution in [1.82, 2.24) is 4.98 Å². The number of rotatable bonds is 3. The van der Waals surface area contributed by atoms with E-state index in [2.05, 4.69) is 9.88 Å². The van der Waals surface area contributed by atoms with E-state index in [1.54, 1.807) is 0 Å². The first-order valence-electron chi connectivity index (χ1n) is 6.84. The molecule has 104 valence electrons. The van der Waals surface area contributed by atoms with Crippen LogP contribution in [0.25, 0.3) is 0 Å². The molecule has 1 aliphatic rings. The lowest BCUT2D eigenvalue weighted by Gasteiger charge is -2.26. The van der Waals surface area contributed by atoms with Gasteiger partial charge in [0.15, 0.2) is 6.23 Å². The highest BCUT2D eigenvalue weighted by molar-refractivity contribution is 6.30. The van der Waals surface area contributed by atoms with Crippen LogP contribution in [0.4, 0.5) is 5.69 Å². The maximum Gasteiger partial charge on any atom is 0.215 e. The molecule has 0 amide bonds. The Kier molecular flexibility index (Phi) is 3.79. The second-order valence-electron chi connectivity index (χ2n) is 5.06. The van der Waals surface area contributed by atoms with Crippen molar-refractivity contribution in [3.05, 3.63) is 53.2 Å². The van der Waals surface area contributed by atoms with Crippen molar-refractivity contribution in [3.63, 3.8) is 0 Å². The summed E-state index contributed by atoms with van der Waals surface area (Å²) in [6.45, 7) is 3.02. The van der Waals surface area contributed by atoms with E-state index in [9.17, 15) is 0 Å². The SMILES string of the molecule is Cc1ccc(OC2CCCN2c2ccc(Cl)cc2)nc1. The minimum atomic E-state index is 0.0476. The minimum Gasteiger partial charge on any atom is -0.454 e. The van der Waals surface area contributed by atoms with E-state index in [0.29, 0.717) is 5.88 Å². The van der Waals surface area contributed by atoms with Crippen LogP contribution in [0.5, 0.6) is 5.88 Å². The molecule has 1 aromatic carbocycles. The molecule has 0 radical (unpaired) electrons. The van der Waals surface area contributed by atoms with Gasteiger partial charge in [-0.15, -0.1) is 0 Å². The topological polar surface area (TPSA) is 25.4 Å². The maximum atomic E-state index is 6.01. The third-order valence-corrected chi connectivity index (χ3v) is 3.75. The van der Waals surface area contributed by atoms with Crippen molar-refractivity contribution in [2.75, 3.05) is 11.4 Å². The number of hydrogen-bond donors (Lipinski definition) is 0. The average molecular weight is 289 g/mol. The lowest BCUT2D eigenvalue weighted by atomic mass is 10.3. The normalized spacial score (nSPS) is 18.3. The molecule has 0 saturated carbocycles. The van der Waals surface area contributed by atoms with Crippen LogP contribution in [-0.2, 0) is 0 Å². The molecule has 3 rings (SSSR count). The third kappa shape index (κ3) is 2.88. The molecule has 1 fully saturated rings. The number of aromatic nitrogens is 1. The molecule has 1 aromatic heterocycles. The standard InChI is InChI=1S/C16H17ClN2O/c1-12-4-9-15(18-11-12)20-16-3-2-10-19(16)14-7-5-13(17)6-8-14/h4-9,11,16H,2-3,10H2,1H3. The third-order valence-electron chi connectivity index (χ3n) is 3.50. The van der Waals surface area contributed by atoms with E-state index >= 15 is 0 Å². The number of halogens is 1. The van der Waals surface area contributed by atoms with Crippen LogP contribution < -0.4 is 9.64 Å². The van der Waals surface area contributed by atoms with E-state index in [-0.39, 0.29) is 6.23 Å². The highest BCUT2D eigenvalue weighted by Gasteiger charge is 2.26. The van der Waals surface area contributed by atoms with Crippen molar-refractivity contribution >= 4 is 17.3 Å². The van der Waals surface area contributed by atoms with Crippen LogP contribution in [0.2, 0.25) is 5.02 Å². The highest BCUT2D eigenvalue weighted by atomic mass is 35.5. The lowest BCUT2D eigenvalue weighted by Crippen LogP contribution is -2.34. The average Bonchev–Trinajstić information content (AvgIpc) is 2.90. The summed E-state index contributed by atoms with van der Waals surface area (Å²) in [5.74, 6) is 0.682. The predicted octanol–water partition coefficient (Wildman–Crippen LogP) is 4.05. The molecular weight excluding hydrogens is 272 g/mol. The van der Waals surface area contributed by atoms with Crippen molar-refractivity contribution in [2.24, 2.45) is 0 Å². The lowest BCUT2D eigenvalue weighted by molar-refractivity contribution is 0.204. The smallest absolute Gasteiger partial charge is 0.215 e. The molecule has 1 saturated heterocycles. The summed E-state index contributed by atoms with van der Waals surface area (Å²) in [5, 5.41) is 0.755. The number of pyridine rings is 1. The van der Waals surface area contributed by atoms with Crippen LogP contribution in [0.1, 0.15) is 18.4 Å². The number of anilines is 1. The number of benzene rings is 1. The Morgan fingerprint density at radius 3 is 2.70 bits per heavy atom. The Morgan fingerprint density at radius 2 is 2.00 bits per heavy atom. The van der Waals surface area contributed by atoms with Crippen LogP contribution >= 0.6 is 11.6 Å². The van der Waals surface area contributed by atoms with Crippen molar-refractivity contribution in [3.8, 4) is 5.88 Å². The summed E-state index contributed by atoms with van der Waals surface area (Å²) < 4.78 is 6.01. The zero-order valence-electron chi connectivity index (χ0n) is 11.4. The molecule has 1 unspecified atom stereocenters. The van der Waals surface area contributed by atoms with Crippen LogP contribution in [-0.4, -0.2) is 17.8 Å². The predicted molar refractivity (Wildman–Crippen MR) is 81.4 cm³/mol. The van der Waals surface area contributed by atoms with Gasteiger partial charge < -0.3 is 9.64 Å². The van der Waals surface area contributed by atoms with Crippen LogP contribution in [0.15, 0.2) is 42.6 Å². The van der Waals surface area contributed by atoms with Crippen molar-refractivity contribution in [1.29, 1.82) is 0 Å². The van der Waals surface area contributed by atoms with Gasteiger partial charge >= 0.3 is 0 Å². The first-order chi connectivity index (χ1) is 9.72. The Morgan fingerprint density at radius 1 is 1.20 bits per heavy atom. The van der Waals surface area contributed by atoms with Gasteiger partial charge in [0.2, 0.25) is 5.88 Å². The van der Waals surface area contributed by atoms with Gasteiger partial charge in [-0.05, 0) is 43.2 Å². The number of hydrogen-bond acceptors (Lipinski definition) is 3. The van der Waals surface area contributed by atoms with Gasteiger partial charge in [-0.2, -0.15) is 0 Å². The molecule has 0 bridgehead atoms. The summed E-state index contributed by atoms with van der Waals surface area (Å²) in [7, 11) is 0. The molecule has 0 aliphatic carbocycles. The van der Waals surface area contributed by atoms with E-state index in [0.717, 1.165) is 35.7 Å². The van der Waals surface area contributed by atoms with Gasteiger partial charge in [0, 0.05) is 35.9 Å². The maximum absolute atomic E-state index is 6.01. The number of ether oxygens (including phenoxy) is 1. The molecule has 2 heterocycles. The molecule has 4 heteroatoms. The van der Waals surface area contributed by atoms with Gasteiger partial charge in [-0.25, -0.2) is 4.98 Å². The minimum absolute atomic E-state index is 0.0476. The second-order valence-corrected chi connectivity index (χ2v) is 5.49. The quantitative estimate of drug-likeness (QED) is 0.852. The van der Waals surface area contributed by atoms with E-state index in [1.807, 2.05) is 49.5 Å². The molecule has 0 N–H and O–H groups in total. The van der Waals surface area contributed by atoms with Gasteiger partial charge in [-0.3, -0.25) is 0 Å². The van der Waals surface area contributed by atoms with E-state index in [1.165, 1.54) is 0 Å². The zero-order valence-corrected chi connectivity index (χ0v) is 12.2. The fourth-order valence-electron chi connectivity index (χ4n) is 2.45. The molecule has 3 nitrogen and oxygen atoms in total. The monoisotopic (exact) mass is 288 g/mol. The molecule has 1 atom stereocenters. The van der Waals surface area contributed by atoms with Crippen LogP contribution in [0.3, 0.4) is 0 Å². The Balaban J connectivity index is 1.75. The summed E-state index contributed by atoms with van der Waals surface area (Å²) in [6, 6.07) is 11.8. The Hall–Kier alpha value is -1.74. The fourth-order valence-corrected chi connectivity index (χ4v) is 2.58. The Bertz CT molecular complexity index is 568. The first kappa shape index (κ1) is 13.3. The second kappa shape index (κ2) is 5.71. The van der Waals surface area contributed by atoms with Gasteiger partial charge in [0.05, 0.1) is 0 Å². The number of aryl methyl sites for hydroxylation is 1. The molecule has 2 aromatic rings. The van der Waals surface area contributed by atoms with E-state index < -0.39 is 0 Å². The van der Waals surface area contributed by atoms with Gasteiger partial charge in [0.25, 0.3) is 0 Å². The zero-order chi connectivity index (χ0) is 13.9. The van der Waals surface area contributed by atoms with Crippen molar-refractivity contribution < 1.29 is 4.74 Å². The van der Waals surface area contributed by atoms with Crippen molar-refractivity contribution in [2.45, 2.75) is 26.0 Å². The molecule has 0 spiro atoms. The van der Waals surface area contributed by atoms with E-state index in [4.69, 9.17) is 16.3 Å². The van der Waals surface area contributed by atoms with Gasteiger partial charge in [-0.1, -0.05) is 17.7 Å². The summed E-state index contributed by atoms with van der Waals surface area (Å²) in [6.07, 6.45) is 4.01. The number of nitrogens with zero attached hydrogens (tertiary/aromatic N) is 2. The van der Waals surface area contributed by atoms with Gasteiger partial charge in [0.1, 0.15) is 0 Å². The molecule has 1 aliphatic heterocycles. The largest absolute Gasteiger partial charge is 0.454 e. The first-order valence-corrected chi connectivity index (χ1v) is 7.22. The molecular formula is C16H17ClN2O. The molecule has 20 heavy (non-hydrogen) atoms. The highest BCUT2D eigenvalue weighted by Crippen LogP contribution is 2.28. The summed E-state index contributed by atoms with van der Waals surface area (Å²) in [5.41, 5.74) is 2.28. The van der Waals surface area contributed by atoms with Crippen LogP contribution in [0, 0.1) is 6.92 Å². The Labute approximate surface area is 124 Å².